The number of rotatable bonds is 8. The van der Waals surface area contributed by atoms with Gasteiger partial charge in [-0.1, -0.05) is 83.1 Å². The number of hydrogen-bond acceptors (Lipinski definition) is 7. The number of sulfonamides is 1. The van der Waals surface area contributed by atoms with E-state index < -0.39 is 48.3 Å². The van der Waals surface area contributed by atoms with Crippen molar-refractivity contribution in [2.75, 3.05) is 6.26 Å². The van der Waals surface area contributed by atoms with Gasteiger partial charge in [0.05, 0.1) is 22.9 Å². The van der Waals surface area contributed by atoms with Gasteiger partial charge in [-0.25, -0.2) is 13.1 Å². The first kappa shape index (κ1) is 44.3. The highest BCUT2D eigenvalue weighted by molar-refractivity contribution is 7.88. The second kappa shape index (κ2) is 14.6. The lowest BCUT2D eigenvalue weighted by Gasteiger charge is -2.33. The summed E-state index contributed by atoms with van der Waals surface area (Å²) in [5, 5.41) is 5.31. The van der Waals surface area contributed by atoms with Crippen LogP contribution in [0.1, 0.15) is 125 Å². The monoisotopic (exact) mass is 619 g/mol. The molecule has 0 unspecified atom stereocenters. The topological polar surface area (TPSA) is 156 Å². The summed E-state index contributed by atoms with van der Waals surface area (Å²) in [4.78, 5) is 57.7. The molecule has 0 rings (SSSR count). The van der Waals surface area contributed by atoms with Gasteiger partial charge in [0.15, 0.2) is 17.3 Å². The van der Waals surface area contributed by atoms with Gasteiger partial charge in [0.1, 0.15) is 0 Å². The molecule has 0 fully saturated rings. The lowest BCUT2D eigenvalue weighted by atomic mass is 9.79. The highest BCUT2D eigenvalue weighted by atomic mass is 32.2. The van der Waals surface area contributed by atoms with Crippen molar-refractivity contribution in [2.45, 2.75) is 141 Å². The molecular formula is C31H61N3O7S. The van der Waals surface area contributed by atoms with E-state index in [-0.39, 0.29) is 23.3 Å². The lowest BCUT2D eigenvalue weighted by Crippen LogP contribution is -2.56. The molecule has 42 heavy (non-hydrogen) atoms. The molecule has 0 aliphatic carbocycles. The predicted molar refractivity (Wildman–Crippen MR) is 170 cm³/mol. The molecule has 0 spiro atoms. The molecule has 248 valence electrons. The molecular weight excluding hydrogens is 558 g/mol. The van der Waals surface area contributed by atoms with E-state index in [1.807, 2.05) is 62.3 Å². The third kappa shape index (κ3) is 17.1. The molecule has 0 aromatic carbocycles. The molecule has 0 heterocycles. The maximum Gasteiger partial charge on any atom is 0.226 e. The molecule has 0 bridgehead atoms. The van der Waals surface area contributed by atoms with Crippen LogP contribution in [0, 0.1) is 21.7 Å². The van der Waals surface area contributed by atoms with Crippen LogP contribution in [0.4, 0.5) is 0 Å². The molecule has 3 N–H and O–H groups in total. The summed E-state index contributed by atoms with van der Waals surface area (Å²) in [7, 11) is -3.36. The third-order valence-electron chi connectivity index (χ3n) is 5.71. The van der Waals surface area contributed by atoms with Crippen LogP contribution in [0.3, 0.4) is 0 Å². The van der Waals surface area contributed by atoms with E-state index in [9.17, 15) is 32.4 Å². The number of nitrogens with one attached hydrogen (secondary N) is 3. The number of amides is 2. The number of ketones is 3. The molecule has 0 atom stereocenters. The third-order valence-corrected chi connectivity index (χ3v) is 6.60. The first-order valence-electron chi connectivity index (χ1n) is 14.0. The van der Waals surface area contributed by atoms with Gasteiger partial charge < -0.3 is 10.6 Å². The van der Waals surface area contributed by atoms with E-state index in [0.29, 0.717) is 6.41 Å². The van der Waals surface area contributed by atoms with Gasteiger partial charge in [-0.15, -0.1) is 0 Å². The average molecular weight is 620 g/mol. The molecule has 0 aromatic heterocycles. The lowest BCUT2D eigenvalue weighted by molar-refractivity contribution is -0.139. The van der Waals surface area contributed by atoms with Crippen molar-refractivity contribution in [1.29, 1.82) is 0 Å². The summed E-state index contributed by atoms with van der Waals surface area (Å²) >= 11 is 0. The fourth-order valence-electron chi connectivity index (χ4n) is 4.06. The predicted octanol–water partition coefficient (Wildman–Crippen LogP) is 4.60. The largest absolute Gasteiger partial charge is 0.347 e. The van der Waals surface area contributed by atoms with Gasteiger partial charge in [-0.3, -0.25) is 24.0 Å². The van der Waals surface area contributed by atoms with Crippen LogP contribution in [-0.2, 0) is 34.0 Å². The molecule has 10 nitrogen and oxygen atoms in total. The van der Waals surface area contributed by atoms with Crippen LogP contribution in [0.15, 0.2) is 0 Å². The summed E-state index contributed by atoms with van der Waals surface area (Å²) in [5.41, 5.74) is -4.53. The highest BCUT2D eigenvalue weighted by Gasteiger charge is 2.39. The molecule has 0 aromatic rings. The summed E-state index contributed by atoms with van der Waals surface area (Å²) in [6.07, 6.45) is 1.61. The van der Waals surface area contributed by atoms with Crippen molar-refractivity contribution < 1.29 is 32.4 Å². The van der Waals surface area contributed by atoms with E-state index in [0.717, 1.165) is 6.26 Å². The SMILES string of the molecule is CC(C)(C)C(=O)C(C)(C)NC=O.CC(C)(C)C(=O)C(C)(C)NS(C)(=O)=O.CC(C)(C)C(=O)NC(C)(C)C(=O)C(C)(C)C. The second-order valence-corrected chi connectivity index (χ2v) is 18.2. The zero-order chi connectivity index (χ0) is 35.1. The van der Waals surface area contributed by atoms with E-state index in [4.69, 9.17) is 0 Å². The van der Waals surface area contributed by atoms with E-state index >= 15 is 0 Å². The first-order chi connectivity index (χ1) is 17.9. The van der Waals surface area contributed by atoms with Crippen molar-refractivity contribution in [3.63, 3.8) is 0 Å². The highest BCUT2D eigenvalue weighted by Crippen LogP contribution is 2.25. The van der Waals surface area contributed by atoms with Crippen LogP contribution in [0.5, 0.6) is 0 Å². The van der Waals surface area contributed by atoms with Crippen molar-refractivity contribution in [2.24, 2.45) is 21.7 Å². The van der Waals surface area contributed by atoms with Gasteiger partial charge in [-0.05, 0) is 41.5 Å². The summed E-state index contributed by atoms with van der Waals surface area (Å²) in [6.45, 7) is 31.9. The molecule has 0 saturated carbocycles. The Hall–Kier alpha value is -2.14. The van der Waals surface area contributed by atoms with Gasteiger partial charge in [0.25, 0.3) is 0 Å². The van der Waals surface area contributed by atoms with Crippen LogP contribution >= 0.6 is 0 Å². The van der Waals surface area contributed by atoms with Crippen LogP contribution < -0.4 is 15.4 Å². The van der Waals surface area contributed by atoms with E-state index in [2.05, 4.69) is 15.4 Å². The van der Waals surface area contributed by atoms with Gasteiger partial charge >= 0.3 is 0 Å². The minimum atomic E-state index is -3.36. The molecule has 11 heteroatoms. The number of carbonyl (C=O) groups is 5. The van der Waals surface area contributed by atoms with Crippen molar-refractivity contribution >= 4 is 39.7 Å². The Balaban J connectivity index is -0.000000549. The Morgan fingerprint density at radius 3 is 1.02 bits per heavy atom. The molecule has 2 amide bonds. The fourth-order valence-corrected chi connectivity index (χ4v) is 5.08. The Labute approximate surface area is 256 Å². The van der Waals surface area contributed by atoms with Crippen molar-refractivity contribution in [1.82, 2.24) is 15.4 Å². The Morgan fingerprint density at radius 1 is 0.500 bits per heavy atom. The average Bonchev–Trinajstić information content (AvgIpc) is 2.68. The standard InChI is InChI=1S/C13H25NO2.C9H19NO3S.C9H17NO2/c1-11(2,3)9(15)13(7,8)14-10(16)12(4,5)6;1-8(2,3)7(11)9(4,5)10-14(6,12)13;1-8(2,3)7(12)9(4,5)10-6-11/h1-8H3,(H,14,16);10H,1-6H3;6H,1-5H3,(H,10,11). The smallest absolute Gasteiger partial charge is 0.226 e. The van der Waals surface area contributed by atoms with E-state index in [1.165, 1.54) is 0 Å². The number of Topliss-reactive ketones (excluding diaryl/α,β-unsaturated/α-hetero) is 3. The molecule has 0 aliphatic rings. The first-order valence-corrected chi connectivity index (χ1v) is 15.9. The van der Waals surface area contributed by atoms with Gasteiger partial charge in [0, 0.05) is 21.7 Å². The minimum absolute atomic E-state index is 0.0297. The molecule has 0 radical (unpaired) electrons. The fraction of sp³-hybridized carbons (Fsp3) is 0.839. The van der Waals surface area contributed by atoms with Crippen LogP contribution in [-0.4, -0.2) is 61.0 Å². The maximum absolute atomic E-state index is 12.1. The van der Waals surface area contributed by atoms with Crippen molar-refractivity contribution in [3.05, 3.63) is 0 Å². The summed E-state index contributed by atoms with van der Waals surface area (Å²) in [5.74, 6) is -0.162. The Kier molecular flexibility index (Phi) is 15.4. The summed E-state index contributed by atoms with van der Waals surface area (Å²) in [6, 6.07) is 0. The zero-order valence-corrected chi connectivity index (χ0v) is 30.7. The number of hydrogen-bond donors (Lipinski definition) is 3. The van der Waals surface area contributed by atoms with E-state index in [1.54, 1.807) is 62.3 Å². The van der Waals surface area contributed by atoms with Crippen molar-refractivity contribution in [3.8, 4) is 0 Å². The molecule has 0 saturated heterocycles. The van der Waals surface area contributed by atoms with Gasteiger partial charge in [-0.2, -0.15) is 0 Å². The summed E-state index contributed by atoms with van der Waals surface area (Å²) < 4.78 is 24.4. The van der Waals surface area contributed by atoms with Crippen LogP contribution in [0.25, 0.3) is 0 Å². The minimum Gasteiger partial charge on any atom is -0.347 e. The molecule has 0 aliphatic heterocycles. The van der Waals surface area contributed by atoms with Crippen LogP contribution in [0.2, 0.25) is 0 Å². The maximum atomic E-state index is 12.1. The number of carbonyl (C=O) groups excluding carboxylic acids is 5. The second-order valence-electron chi connectivity index (χ2n) is 16.5. The Morgan fingerprint density at radius 2 is 0.786 bits per heavy atom. The normalized spacial score (nSPS) is 13.4. The quantitative estimate of drug-likeness (QED) is 0.335. The Bertz CT molecular complexity index is 1080. The van der Waals surface area contributed by atoms with Gasteiger partial charge in [0.2, 0.25) is 22.3 Å². The zero-order valence-electron chi connectivity index (χ0n) is 29.8.